The van der Waals surface area contributed by atoms with E-state index >= 15 is 0 Å². The minimum absolute atomic E-state index is 0.168. The summed E-state index contributed by atoms with van der Waals surface area (Å²) in [6.07, 6.45) is -0.785. The number of aliphatic hydroxyl groups is 1. The van der Waals surface area contributed by atoms with Crippen molar-refractivity contribution in [3.05, 3.63) is 0 Å². The molecule has 0 rings (SSSR count). The fourth-order valence-corrected chi connectivity index (χ4v) is 0.678. The lowest BCUT2D eigenvalue weighted by atomic mass is 10.4. The first-order valence-electron chi connectivity index (χ1n) is 2.32. The normalized spacial score (nSPS) is 15.4. The lowest BCUT2D eigenvalue weighted by Crippen LogP contribution is -2.29. The zero-order valence-electron chi connectivity index (χ0n) is 4.90. The summed E-state index contributed by atoms with van der Waals surface area (Å²) < 4.78 is 29.5. The number of hydrogen-bond acceptors (Lipinski definition) is 3. The SMILES string of the molecule is CC(O)CNS(=O)(=O)O. The molecular weight excluding hydrogens is 146 g/mol. The third kappa shape index (κ3) is 7.83. The van der Waals surface area contributed by atoms with Crippen molar-refractivity contribution in [1.82, 2.24) is 4.72 Å². The predicted molar refractivity (Wildman–Crippen MR) is 31.2 cm³/mol. The Labute approximate surface area is 53.6 Å². The average molecular weight is 155 g/mol. The van der Waals surface area contributed by atoms with E-state index in [-0.39, 0.29) is 6.54 Å². The molecule has 5 nitrogen and oxygen atoms in total. The van der Waals surface area contributed by atoms with Crippen molar-refractivity contribution in [2.45, 2.75) is 13.0 Å². The Morgan fingerprint density at radius 2 is 2.11 bits per heavy atom. The first-order chi connectivity index (χ1) is 3.92. The molecule has 9 heavy (non-hydrogen) atoms. The van der Waals surface area contributed by atoms with E-state index in [2.05, 4.69) is 0 Å². The Hall–Kier alpha value is -0.170. The number of rotatable bonds is 3. The fraction of sp³-hybridized carbons (Fsp3) is 1.00. The molecule has 0 amide bonds. The van der Waals surface area contributed by atoms with E-state index < -0.39 is 16.4 Å². The summed E-state index contributed by atoms with van der Waals surface area (Å²) >= 11 is 0. The van der Waals surface area contributed by atoms with Gasteiger partial charge >= 0.3 is 10.3 Å². The van der Waals surface area contributed by atoms with Crippen LogP contribution in [0.15, 0.2) is 0 Å². The van der Waals surface area contributed by atoms with Crippen LogP contribution < -0.4 is 4.72 Å². The van der Waals surface area contributed by atoms with E-state index in [1.165, 1.54) is 6.92 Å². The molecule has 56 valence electrons. The summed E-state index contributed by atoms with van der Waals surface area (Å²) in [7, 11) is -4.13. The van der Waals surface area contributed by atoms with E-state index in [0.29, 0.717) is 0 Å². The molecule has 0 radical (unpaired) electrons. The maximum absolute atomic E-state index is 9.87. The molecule has 0 aromatic rings. The van der Waals surface area contributed by atoms with Crippen LogP contribution in [0.2, 0.25) is 0 Å². The number of hydrogen-bond donors (Lipinski definition) is 3. The van der Waals surface area contributed by atoms with Gasteiger partial charge in [-0.25, -0.2) is 0 Å². The van der Waals surface area contributed by atoms with Crippen molar-refractivity contribution in [3.8, 4) is 0 Å². The molecule has 6 heteroatoms. The van der Waals surface area contributed by atoms with E-state index in [1.807, 2.05) is 0 Å². The molecule has 0 bridgehead atoms. The Kier molecular flexibility index (Phi) is 3.06. The van der Waals surface area contributed by atoms with Crippen molar-refractivity contribution in [2.75, 3.05) is 6.54 Å². The first-order valence-corrected chi connectivity index (χ1v) is 3.76. The minimum atomic E-state index is -4.13. The van der Waals surface area contributed by atoms with Crippen molar-refractivity contribution in [3.63, 3.8) is 0 Å². The lowest BCUT2D eigenvalue weighted by molar-refractivity contribution is 0.197. The highest BCUT2D eigenvalue weighted by molar-refractivity contribution is 7.83. The number of nitrogens with one attached hydrogen (secondary N) is 1. The maximum atomic E-state index is 9.87. The van der Waals surface area contributed by atoms with Crippen LogP contribution in [0.25, 0.3) is 0 Å². The molecule has 1 atom stereocenters. The standard InChI is InChI=1S/C3H9NO4S/c1-3(5)2-4-9(6,7)8/h3-5H,2H2,1H3,(H,6,7,8). The zero-order valence-corrected chi connectivity index (χ0v) is 5.72. The molecule has 0 saturated heterocycles. The Morgan fingerprint density at radius 1 is 1.67 bits per heavy atom. The smallest absolute Gasteiger partial charge is 0.333 e. The molecule has 0 heterocycles. The van der Waals surface area contributed by atoms with Gasteiger partial charge in [0.1, 0.15) is 0 Å². The van der Waals surface area contributed by atoms with Gasteiger partial charge < -0.3 is 5.11 Å². The third-order valence-electron chi connectivity index (χ3n) is 0.561. The molecule has 0 saturated carbocycles. The second-order valence-electron chi connectivity index (χ2n) is 1.67. The van der Waals surface area contributed by atoms with Crippen LogP contribution in [0.1, 0.15) is 6.92 Å². The van der Waals surface area contributed by atoms with Crippen LogP contribution in [0.3, 0.4) is 0 Å². The summed E-state index contributed by atoms with van der Waals surface area (Å²) in [5.74, 6) is 0. The molecule has 1 unspecified atom stereocenters. The molecular formula is C3H9NO4S. The monoisotopic (exact) mass is 155 g/mol. The van der Waals surface area contributed by atoms with Crippen LogP contribution in [0.4, 0.5) is 0 Å². The van der Waals surface area contributed by atoms with Gasteiger partial charge in [0.25, 0.3) is 0 Å². The van der Waals surface area contributed by atoms with Crippen molar-refractivity contribution >= 4 is 10.3 Å². The Bertz CT molecular complexity index is 161. The second kappa shape index (κ2) is 3.11. The van der Waals surface area contributed by atoms with Gasteiger partial charge in [-0.05, 0) is 6.92 Å². The summed E-state index contributed by atoms with van der Waals surface area (Å²) in [6, 6.07) is 0. The average Bonchev–Trinajstić information content (AvgIpc) is 1.59. The van der Waals surface area contributed by atoms with Crippen LogP contribution in [-0.4, -0.2) is 30.7 Å². The van der Waals surface area contributed by atoms with E-state index in [0.717, 1.165) is 0 Å². The molecule has 0 aliphatic heterocycles. The first kappa shape index (κ1) is 8.83. The molecule has 0 fully saturated rings. The van der Waals surface area contributed by atoms with Gasteiger partial charge in [-0.15, -0.1) is 0 Å². The van der Waals surface area contributed by atoms with E-state index in [9.17, 15) is 8.42 Å². The Balaban J connectivity index is 3.53. The molecule has 0 aromatic carbocycles. The third-order valence-corrected chi connectivity index (χ3v) is 1.09. The van der Waals surface area contributed by atoms with Crippen molar-refractivity contribution in [2.24, 2.45) is 0 Å². The van der Waals surface area contributed by atoms with Crippen LogP contribution in [0, 0.1) is 0 Å². The highest BCUT2D eigenvalue weighted by Gasteiger charge is 2.03. The number of aliphatic hydroxyl groups excluding tert-OH is 1. The van der Waals surface area contributed by atoms with Gasteiger partial charge in [0.05, 0.1) is 6.10 Å². The van der Waals surface area contributed by atoms with Gasteiger partial charge in [0.2, 0.25) is 0 Å². The van der Waals surface area contributed by atoms with Crippen molar-refractivity contribution < 1.29 is 18.1 Å². The van der Waals surface area contributed by atoms with Crippen LogP contribution in [-0.2, 0) is 10.3 Å². The highest BCUT2D eigenvalue weighted by atomic mass is 32.2. The second-order valence-corrected chi connectivity index (χ2v) is 2.91. The van der Waals surface area contributed by atoms with Gasteiger partial charge in [-0.2, -0.15) is 13.1 Å². The highest BCUT2D eigenvalue weighted by Crippen LogP contribution is 1.77. The van der Waals surface area contributed by atoms with Gasteiger partial charge in [0, 0.05) is 6.54 Å². The quantitative estimate of drug-likeness (QED) is 0.445. The Morgan fingerprint density at radius 3 is 2.22 bits per heavy atom. The minimum Gasteiger partial charge on any atom is -0.392 e. The van der Waals surface area contributed by atoms with Crippen LogP contribution >= 0.6 is 0 Å². The molecule has 0 aliphatic carbocycles. The van der Waals surface area contributed by atoms with Gasteiger partial charge in [-0.1, -0.05) is 0 Å². The molecule has 0 spiro atoms. The van der Waals surface area contributed by atoms with E-state index in [4.69, 9.17) is 9.66 Å². The zero-order chi connectivity index (χ0) is 7.49. The summed E-state index contributed by atoms with van der Waals surface area (Å²) in [5, 5.41) is 8.48. The summed E-state index contributed by atoms with van der Waals surface area (Å²) in [5.41, 5.74) is 0. The summed E-state index contributed by atoms with van der Waals surface area (Å²) in [6.45, 7) is 1.23. The topological polar surface area (TPSA) is 86.6 Å². The molecule has 3 N–H and O–H groups in total. The predicted octanol–water partition coefficient (Wildman–Crippen LogP) is -1.24. The van der Waals surface area contributed by atoms with Gasteiger partial charge in [0.15, 0.2) is 0 Å². The van der Waals surface area contributed by atoms with Crippen LogP contribution in [0.5, 0.6) is 0 Å². The fourth-order valence-electron chi connectivity index (χ4n) is 0.226. The van der Waals surface area contributed by atoms with Gasteiger partial charge in [-0.3, -0.25) is 4.55 Å². The summed E-state index contributed by atoms with van der Waals surface area (Å²) in [4.78, 5) is 0. The molecule has 0 aromatic heterocycles. The largest absolute Gasteiger partial charge is 0.392 e. The molecule has 0 aliphatic rings. The van der Waals surface area contributed by atoms with Crippen molar-refractivity contribution in [1.29, 1.82) is 0 Å². The lowest BCUT2D eigenvalue weighted by Gasteiger charge is -2.01. The maximum Gasteiger partial charge on any atom is 0.333 e. The van der Waals surface area contributed by atoms with E-state index in [1.54, 1.807) is 4.72 Å².